The van der Waals surface area contributed by atoms with Crippen molar-refractivity contribution in [1.82, 2.24) is 0 Å². The predicted molar refractivity (Wildman–Crippen MR) is 87.5 cm³/mol. The van der Waals surface area contributed by atoms with Gasteiger partial charge in [-0.05, 0) is 17.7 Å². The standard InChI is InChI=1S/C18H18O3S/c1-2-15(16-9-5-3-6-10-16)13-17(19)14-22(20,21)18-11-7-4-8-12-18/h2-12,15H,1,13-14H2. The molecule has 0 bridgehead atoms. The van der Waals surface area contributed by atoms with Gasteiger partial charge in [0.15, 0.2) is 9.84 Å². The summed E-state index contributed by atoms with van der Waals surface area (Å²) in [5, 5.41) is 0. The first kappa shape index (κ1) is 16.2. The van der Waals surface area contributed by atoms with Crippen molar-refractivity contribution in [3.05, 3.63) is 78.9 Å². The van der Waals surface area contributed by atoms with Crippen LogP contribution in [-0.4, -0.2) is 20.0 Å². The van der Waals surface area contributed by atoms with Gasteiger partial charge in [0.25, 0.3) is 0 Å². The molecule has 0 aliphatic heterocycles. The van der Waals surface area contributed by atoms with Crippen molar-refractivity contribution in [2.75, 3.05) is 5.75 Å². The van der Waals surface area contributed by atoms with Crippen LogP contribution in [0.3, 0.4) is 0 Å². The number of rotatable bonds is 7. The van der Waals surface area contributed by atoms with Gasteiger partial charge in [-0.25, -0.2) is 8.42 Å². The molecule has 0 radical (unpaired) electrons. The van der Waals surface area contributed by atoms with Gasteiger partial charge in [0.1, 0.15) is 11.5 Å². The van der Waals surface area contributed by atoms with E-state index in [4.69, 9.17) is 0 Å². The molecule has 0 fully saturated rings. The Hall–Kier alpha value is -2.20. The van der Waals surface area contributed by atoms with Crippen LogP contribution >= 0.6 is 0 Å². The molecular formula is C18H18O3S. The van der Waals surface area contributed by atoms with Crippen LogP contribution in [0.1, 0.15) is 17.9 Å². The number of carbonyl (C=O) groups is 1. The minimum atomic E-state index is -3.58. The van der Waals surface area contributed by atoms with Crippen molar-refractivity contribution < 1.29 is 13.2 Å². The summed E-state index contributed by atoms with van der Waals surface area (Å²) in [6.45, 7) is 3.74. The van der Waals surface area contributed by atoms with E-state index in [1.165, 1.54) is 12.1 Å². The van der Waals surface area contributed by atoms with E-state index in [1.807, 2.05) is 30.3 Å². The second kappa shape index (κ2) is 7.18. The predicted octanol–water partition coefficient (Wildman–Crippen LogP) is 3.39. The third-order valence-corrected chi connectivity index (χ3v) is 5.11. The molecule has 0 amide bonds. The Morgan fingerprint density at radius 2 is 1.55 bits per heavy atom. The summed E-state index contributed by atoms with van der Waals surface area (Å²) in [6.07, 6.45) is 1.82. The van der Waals surface area contributed by atoms with Crippen molar-refractivity contribution in [2.24, 2.45) is 0 Å². The maximum absolute atomic E-state index is 12.2. The molecule has 0 N–H and O–H groups in total. The van der Waals surface area contributed by atoms with E-state index >= 15 is 0 Å². The molecule has 0 aliphatic rings. The zero-order chi connectivity index (χ0) is 16.0. The highest BCUT2D eigenvalue weighted by atomic mass is 32.2. The van der Waals surface area contributed by atoms with Crippen LogP contribution in [-0.2, 0) is 14.6 Å². The molecular weight excluding hydrogens is 296 g/mol. The van der Waals surface area contributed by atoms with E-state index in [0.29, 0.717) is 0 Å². The lowest BCUT2D eigenvalue weighted by Gasteiger charge is -2.12. The Labute approximate surface area is 131 Å². The summed E-state index contributed by atoms with van der Waals surface area (Å²) in [4.78, 5) is 12.3. The maximum Gasteiger partial charge on any atom is 0.185 e. The van der Waals surface area contributed by atoms with Gasteiger partial charge in [-0.3, -0.25) is 4.79 Å². The third kappa shape index (κ3) is 4.15. The topological polar surface area (TPSA) is 51.2 Å². The number of carbonyl (C=O) groups excluding carboxylic acids is 1. The van der Waals surface area contributed by atoms with Crippen LogP contribution in [0.15, 0.2) is 78.2 Å². The van der Waals surface area contributed by atoms with Gasteiger partial charge in [0.05, 0.1) is 4.90 Å². The summed E-state index contributed by atoms with van der Waals surface area (Å²) in [5.74, 6) is -0.953. The Morgan fingerprint density at radius 1 is 1.00 bits per heavy atom. The Bertz CT molecular complexity index is 734. The van der Waals surface area contributed by atoms with Crippen molar-refractivity contribution in [1.29, 1.82) is 0 Å². The number of allylic oxidation sites excluding steroid dienone is 1. The molecule has 114 valence electrons. The quantitative estimate of drug-likeness (QED) is 0.736. The average molecular weight is 314 g/mol. The fraction of sp³-hybridized carbons (Fsp3) is 0.167. The Morgan fingerprint density at radius 3 is 2.09 bits per heavy atom. The first-order chi connectivity index (χ1) is 10.5. The third-order valence-electron chi connectivity index (χ3n) is 3.41. The molecule has 0 aliphatic carbocycles. The van der Waals surface area contributed by atoms with Gasteiger partial charge >= 0.3 is 0 Å². The molecule has 0 saturated carbocycles. The van der Waals surface area contributed by atoms with Crippen LogP contribution in [0.2, 0.25) is 0 Å². The van der Waals surface area contributed by atoms with Crippen LogP contribution in [0, 0.1) is 0 Å². The largest absolute Gasteiger partial charge is 0.299 e. The normalized spacial score (nSPS) is 12.5. The van der Waals surface area contributed by atoms with Gasteiger partial charge in [-0.15, -0.1) is 6.58 Å². The number of hydrogen-bond acceptors (Lipinski definition) is 3. The second-order valence-corrected chi connectivity index (χ2v) is 7.06. The molecule has 1 atom stereocenters. The summed E-state index contributed by atoms with van der Waals surface area (Å²) >= 11 is 0. The molecule has 22 heavy (non-hydrogen) atoms. The molecule has 0 saturated heterocycles. The molecule has 0 aromatic heterocycles. The number of sulfone groups is 1. The molecule has 3 nitrogen and oxygen atoms in total. The van der Waals surface area contributed by atoms with Gasteiger partial charge in [0.2, 0.25) is 0 Å². The SMILES string of the molecule is C=CC(CC(=O)CS(=O)(=O)c1ccccc1)c1ccccc1. The number of Topliss-reactive ketones (excluding diaryl/α,β-unsaturated/α-hetero) is 1. The highest BCUT2D eigenvalue weighted by Crippen LogP contribution is 2.22. The fourth-order valence-corrected chi connectivity index (χ4v) is 3.55. The van der Waals surface area contributed by atoms with Crippen molar-refractivity contribution in [2.45, 2.75) is 17.2 Å². The highest BCUT2D eigenvalue weighted by molar-refractivity contribution is 7.92. The van der Waals surface area contributed by atoms with Gasteiger partial charge < -0.3 is 0 Å². The second-order valence-electron chi connectivity index (χ2n) is 5.07. The van der Waals surface area contributed by atoms with Crippen molar-refractivity contribution >= 4 is 15.6 Å². The first-order valence-corrected chi connectivity index (χ1v) is 8.65. The molecule has 1 unspecified atom stereocenters. The zero-order valence-electron chi connectivity index (χ0n) is 12.2. The van der Waals surface area contributed by atoms with Crippen LogP contribution in [0.25, 0.3) is 0 Å². The summed E-state index contributed by atoms with van der Waals surface area (Å²) < 4.78 is 24.4. The maximum atomic E-state index is 12.2. The Balaban J connectivity index is 2.08. The molecule has 2 aromatic rings. The van der Waals surface area contributed by atoms with E-state index in [2.05, 4.69) is 6.58 Å². The highest BCUT2D eigenvalue weighted by Gasteiger charge is 2.21. The van der Waals surface area contributed by atoms with Crippen molar-refractivity contribution in [3.8, 4) is 0 Å². The lowest BCUT2D eigenvalue weighted by molar-refractivity contribution is -0.116. The zero-order valence-corrected chi connectivity index (χ0v) is 13.0. The summed E-state index contributed by atoms with van der Waals surface area (Å²) in [7, 11) is -3.58. The molecule has 0 spiro atoms. The fourth-order valence-electron chi connectivity index (χ4n) is 2.26. The summed E-state index contributed by atoms with van der Waals surface area (Å²) in [5.41, 5.74) is 0.961. The van der Waals surface area contributed by atoms with E-state index in [9.17, 15) is 13.2 Å². The molecule has 0 heterocycles. The number of hydrogen-bond donors (Lipinski definition) is 0. The molecule has 4 heteroatoms. The van der Waals surface area contributed by atoms with E-state index in [-0.39, 0.29) is 23.0 Å². The van der Waals surface area contributed by atoms with E-state index < -0.39 is 15.6 Å². The Kier molecular flexibility index (Phi) is 5.28. The average Bonchev–Trinajstić information content (AvgIpc) is 2.54. The van der Waals surface area contributed by atoms with Gasteiger partial charge in [-0.2, -0.15) is 0 Å². The van der Waals surface area contributed by atoms with Crippen molar-refractivity contribution in [3.63, 3.8) is 0 Å². The van der Waals surface area contributed by atoms with E-state index in [0.717, 1.165) is 5.56 Å². The monoisotopic (exact) mass is 314 g/mol. The summed E-state index contributed by atoms with van der Waals surface area (Å²) in [6, 6.07) is 17.5. The van der Waals surface area contributed by atoms with Gasteiger partial charge in [-0.1, -0.05) is 54.6 Å². The number of benzene rings is 2. The first-order valence-electron chi connectivity index (χ1n) is 7.00. The lowest BCUT2D eigenvalue weighted by Crippen LogP contribution is -2.18. The van der Waals surface area contributed by atoms with Crippen LogP contribution < -0.4 is 0 Å². The number of ketones is 1. The lowest BCUT2D eigenvalue weighted by atomic mass is 9.94. The van der Waals surface area contributed by atoms with Gasteiger partial charge in [0, 0.05) is 12.3 Å². The van der Waals surface area contributed by atoms with E-state index in [1.54, 1.807) is 24.3 Å². The van der Waals surface area contributed by atoms with Crippen LogP contribution in [0.5, 0.6) is 0 Å². The molecule has 2 rings (SSSR count). The molecule has 2 aromatic carbocycles. The minimum Gasteiger partial charge on any atom is -0.299 e. The smallest absolute Gasteiger partial charge is 0.185 e. The minimum absolute atomic E-state index is 0.138. The van der Waals surface area contributed by atoms with Crippen LogP contribution in [0.4, 0.5) is 0 Å².